The molecular weight excluding hydrogens is 316 g/mol. The third-order valence-corrected chi connectivity index (χ3v) is 4.46. The number of ether oxygens (including phenoxy) is 2. The van der Waals surface area contributed by atoms with Gasteiger partial charge in [-0.25, -0.2) is 0 Å². The number of para-hydroxylation sites is 1. The fraction of sp³-hybridized carbons (Fsp3) is 0.400. The smallest absolute Gasteiger partial charge is 0.119 e. The highest BCUT2D eigenvalue weighted by molar-refractivity contribution is 5.46. The Morgan fingerprint density at radius 2 is 1.56 bits per heavy atom. The van der Waals surface area contributed by atoms with Gasteiger partial charge < -0.3 is 19.5 Å². The van der Waals surface area contributed by atoms with Crippen LogP contribution in [0.2, 0.25) is 0 Å². The van der Waals surface area contributed by atoms with E-state index in [2.05, 4.69) is 34.1 Å². The fourth-order valence-corrected chi connectivity index (χ4v) is 3.04. The van der Waals surface area contributed by atoms with E-state index < -0.39 is 6.10 Å². The summed E-state index contributed by atoms with van der Waals surface area (Å²) in [6, 6.07) is 17.9. The van der Waals surface area contributed by atoms with Gasteiger partial charge in [0.1, 0.15) is 24.2 Å². The Morgan fingerprint density at radius 1 is 0.920 bits per heavy atom. The highest BCUT2D eigenvalue weighted by atomic mass is 16.5. The van der Waals surface area contributed by atoms with Crippen LogP contribution in [0, 0.1) is 0 Å². The van der Waals surface area contributed by atoms with Crippen molar-refractivity contribution in [2.24, 2.45) is 0 Å². The summed E-state index contributed by atoms with van der Waals surface area (Å²) in [6.07, 6.45) is -0.495. The van der Waals surface area contributed by atoms with Gasteiger partial charge >= 0.3 is 0 Å². The number of anilines is 1. The number of hydrogen-bond acceptors (Lipinski definition) is 5. The number of piperazine rings is 1. The van der Waals surface area contributed by atoms with E-state index in [1.165, 1.54) is 5.69 Å². The van der Waals surface area contributed by atoms with Gasteiger partial charge in [-0.05, 0) is 36.4 Å². The van der Waals surface area contributed by atoms with E-state index in [1.54, 1.807) is 7.11 Å². The molecular formula is C20H26N2O3. The van der Waals surface area contributed by atoms with Crippen LogP contribution in [0.4, 0.5) is 5.69 Å². The van der Waals surface area contributed by atoms with Crippen molar-refractivity contribution < 1.29 is 14.6 Å². The maximum absolute atomic E-state index is 10.2. The van der Waals surface area contributed by atoms with E-state index in [0.717, 1.165) is 37.7 Å². The summed E-state index contributed by atoms with van der Waals surface area (Å²) in [5.41, 5.74) is 1.27. The molecule has 1 heterocycles. The van der Waals surface area contributed by atoms with Crippen LogP contribution >= 0.6 is 0 Å². The molecule has 0 amide bonds. The van der Waals surface area contributed by atoms with Crippen molar-refractivity contribution in [3.8, 4) is 11.5 Å². The molecule has 0 unspecified atom stereocenters. The standard InChI is InChI=1S/C20H26N2O3/c1-24-19-7-9-20(10-8-19)25-16-18(23)15-21-11-13-22(14-12-21)17-5-3-2-4-6-17/h2-10,18,23H,11-16H2,1H3/t18-/m1/s1. The lowest BCUT2D eigenvalue weighted by atomic mass is 10.2. The second-order valence-corrected chi connectivity index (χ2v) is 6.26. The summed E-state index contributed by atoms with van der Waals surface area (Å²) in [5, 5.41) is 10.2. The molecule has 0 bridgehead atoms. The molecule has 0 aromatic heterocycles. The van der Waals surface area contributed by atoms with Crippen molar-refractivity contribution in [2.45, 2.75) is 6.10 Å². The molecule has 1 aliphatic rings. The summed E-state index contributed by atoms with van der Waals surface area (Å²) in [7, 11) is 1.64. The van der Waals surface area contributed by atoms with Crippen LogP contribution in [0.25, 0.3) is 0 Å². The van der Waals surface area contributed by atoms with Crippen LogP contribution in [0.3, 0.4) is 0 Å². The van der Waals surface area contributed by atoms with Crippen molar-refractivity contribution >= 4 is 5.69 Å². The van der Waals surface area contributed by atoms with E-state index in [9.17, 15) is 5.11 Å². The molecule has 0 aliphatic carbocycles. The van der Waals surface area contributed by atoms with Crippen LogP contribution in [-0.4, -0.2) is 62.6 Å². The third-order valence-electron chi connectivity index (χ3n) is 4.46. The van der Waals surface area contributed by atoms with Crippen molar-refractivity contribution in [3.63, 3.8) is 0 Å². The van der Waals surface area contributed by atoms with Crippen molar-refractivity contribution in [3.05, 3.63) is 54.6 Å². The average Bonchev–Trinajstić information content (AvgIpc) is 2.68. The van der Waals surface area contributed by atoms with Crippen molar-refractivity contribution in [1.29, 1.82) is 0 Å². The lowest BCUT2D eigenvalue weighted by Crippen LogP contribution is -2.49. The van der Waals surface area contributed by atoms with Crippen LogP contribution in [0.5, 0.6) is 11.5 Å². The lowest BCUT2D eigenvalue weighted by molar-refractivity contribution is 0.0663. The van der Waals surface area contributed by atoms with Gasteiger partial charge in [-0.1, -0.05) is 18.2 Å². The fourth-order valence-electron chi connectivity index (χ4n) is 3.04. The van der Waals surface area contributed by atoms with Crippen molar-refractivity contribution in [2.75, 3.05) is 51.3 Å². The first kappa shape index (κ1) is 17.6. The number of hydrogen-bond donors (Lipinski definition) is 1. The number of β-amino-alcohol motifs (C(OH)–C–C–N with tert-alkyl or cyclic N) is 1. The first-order valence-electron chi connectivity index (χ1n) is 8.72. The number of rotatable bonds is 7. The van der Waals surface area contributed by atoms with E-state index in [4.69, 9.17) is 9.47 Å². The molecule has 0 spiro atoms. The van der Waals surface area contributed by atoms with Crippen LogP contribution in [0.15, 0.2) is 54.6 Å². The zero-order chi connectivity index (χ0) is 17.5. The molecule has 2 aromatic carbocycles. The van der Waals surface area contributed by atoms with Gasteiger partial charge in [0.25, 0.3) is 0 Å². The lowest BCUT2D eigenvalue weighted by Gasteiger charge is -2.36. The normalized spacial score (nSPS) is 16.5. The van der Waals surface area contributed by atoms with Gasteiger partial charge in [0.15, 0.2) is 0 Å². The van der Waals surface area contributed by atoms with Crippen LogP contribution < -0.4 is 14.4 Å². The summed E-state index contributed by atoms with van der Waals surface area (Å²) < 4.78 is 10.8. The number of nitrogens with zero attached hydrogens (tertiary/aromatic N) is 2. The number of benzene rings is 2. The zero-order valence-electron chi connectivity index (χ0n) is 14.7. The Bertz CT molecular complexity index is 625. The summed E-state index contributed by atoms with van der Waals surface area (Å²) in [5.74, 6) is 1.54. The molecule has 2 aromatic rings. The monoisotopic (exact) mass is 342 g/mol. The summed E-state index contributed by atoms with van der Waals surface area (Å²) in [4.78, 5) is 4.68. The minimum Gasteiger partial charge on any atom is -0.497 e. The van der Waals surface area contributed by atoms with E-state index >= 15 is 0 Å². The van der Waals surface area contributed by atoms with Gasteiger partial charge in [-0.15, -0.1) is 0 Å². The maximum Gasteiger partial charge on any atom is 0.119 e. The first-order valence-corrected chi connectivity index (χ1v) is 8.72. The predicted molar refractivity (Wildman–Crippen MR) is 99.6 cm³/mol. The molecule has 1 atom stereocenters. The Labute approximate surface area is 149 Å². The molecule has 1 aliphatic heterocycles. The highest BCUT2D eigenvalue weighted by Gasteiger charge is 2.19. The largest absolute Gasteiger partial charge is 0.497 e. The summed E-state index contributed by atoms with van der Waals surface area (Å²) >= 11 is 0. The van der Waals surface area contributed by atoms with Gasteiger partial charge in [0, 0.05) is 38.4 Å². The van der Waals surface area contributed by atoms with Gasteiger partial charge in [0.2, 0.25) is 0 Å². The van der Waals surface area contributed by atoms with Gasteiger partial charge in [-0.3, -0.25) is 4.90 Å². The predicted octanol–water partition coefficient (Wildman–Crippen LogP) is 2.26. The second-order valence-electron chi connectivity index (χ2n) is 6.26. The van der Waals surface area contributed by atoms with Gasteiger partial charge in [-0.2, -0.15) is 0 Å². The van der Waals surface area contributed by atoms with Crippen LogP contribution in [0.1, 0.15) is 0 Å². The molecule has 1 saturated heterocycles. The van der Waals surface area contributed by atoms with Crippen LogP contribution in [-0.2, 0) is 0 Å². The SMILES string of the molecule is COc1ccc(OC[C@H](O)CN2CCN(c3ccccc3)CC2)cc1. The minimum atomic E-state index is -0.495. The van der Waals surface area contributed by atoms with Crippen molar-refractivity contribution in [1.82, 2.24) is 4.90 Å². The van der Waals surface area contributed by atoms with E-state index in [1.807, 2.05) is 30.3 Å². The number of aliphatic hydroxyl groups is 1. The molecule has 3 rings (SSSR count). The van der Waals surface area contributed by atoms with E-state index in [0.29, 0.717) is 13.2 Å². The molecule has 5 nitrogen and oxygen atoms in total. The minimum absolute atomic E-state index is 0.297. The molecule has 1 N–H and O–H groups in total. The molecule has 1 fully saturated rings. The highest BCUT2D eigenvalue weighted by Crippen LogP contribution is 2.18. The number of methoxy groups -OCH3 is 1. The zero-order valence-corrected chi connectivity index (χ0v) is 14.7. The molecule has 0 radical (unpaired) electrons. The summed E-state index contributed by atoms with van der Waals surface area (Å²) in [6.45, 7) is 4.80. The average molecular weight is 342 g/mol. The quantitative estimate of drug-likeness (QED) is 0.836. The molecule has 134 valence electrons. The molecule has 0 saturated carbocycles. The molecule has 25 heavy (non-hydrogen) atoms. The second kappa shape index (κ2) is 8.74. The Kier molecular flexibility index (Phi) is 6.14. The third kappa shape index (κ3) is 5.11. The Balaban J connectivity index is 1.39. The number of aliphatic hydroxyl groups excluding tert-OH is 1. The Hall–Kier alpha value is -2.24. The molecule has 5 heteroatoms. The Morgan fingerprint density at radius 3 is 2.20 bits per heavy atom. The topological polar surface area (TPSA) is 45.2 Å². The van der Waals surface area contributed by atoms with E-state index in [-0.39, 0.29) is 0 Å². The van der Waals surface area contributed by atoms with Gasteiger partial charge in [0.05, 0.1) is 7.11 Å². The maximum atomic E-state index is 10.2. The first-order chi connectivity index (χ1) is 12.2.